The van der Waals surface area contributed by atoms with Crippen molar-refractivity contribution in [3.63, 3.8) is 0 Å². The van der Waals surface area contributed by atoms with Crippen LogP contribution in [0.2, 0.25) is 0 Å². The van der Waals surface area contributed by atoms with Crippen molar-refractivity contribution in [1.82, 2.24) is 9.97 Å². The van der Waals surface area contributed by atoms with Gasteiger partial charge >= 0.3 is 0 Å². The summed E-state index contributed by atoms with van der Waals surface area (Å²) in [5.74, 6) is 0. The fourth-order valence-corrected chi connectivity index (χ4v) is 0.831. The molecule has 0 amide bonds. The minimum Gasteiger partial charge on any atom is -0.347 e. The molecule has 0 radical (unpaired) electrons. The topological polar surface area (TPSA) is 54.7 Å². The third-order valence-electron chi connectivity index (χ3n) is 1.35. The number of nitrogens with zero attached hydrogens (tertiary/aromatic N) is 1. The number of imidazole rings is 1. The number of aromatic amines is 1. The summed E-state index contributed by atoms with van der Waals surface area (Å²) in [6.07, 6.45) is 2.64. The number of hydrogen-bond donors (Lipinski definition) is 2. The molecule has 0 aromatic carbocycles. The molecule has 0 saturated carbocycles. The van der Waals surface area contributed by atoms with E-state index in [4.69, 9.17) is 5.73 Å². The molecule has 0 saturated heterocycles. The molecular weight excluding hydrogens is 114 g/mol. The van der Waals surface area contributed by atoms with Gasteiger partial charge in [-0.3, -0.25) is 0 Å². The molecule has 3 nitrogen and oxygen atoms in total. The Kier molecular flexibility index (Phi) is 1.85. The van der Waals surface area contributed by atoms with Gasteiger partial charge in [0.15, 0.2) is 0 Å². The average molecular weight is 125 g/mol. The third kappa shape index (κ3) is 1.10. The van der Waals surface area contributed by atoms with Gasteiger partial charge < -0.3 is 10.7 Å². The molecule has 1 heterocycles. The molecule has 50 valence electrons. The van der Waals surface area contributed by atoms with Gasteiger partial charge in [0.25, 0.3) is 0 Å². The largest absolute Gasteiger partial charge is 0.347 e. The van der Waals surface area contributed by atoms with Gasteiger partial charge in [0.2, 0.25) is 0 Å². The Morgan fingerprint density at radius 3 is 3.00 bits per heavy atom. The number of H-pyrrole nitrogens is 1. The van der Waals surface area contributed by atoms with E-state index in [0.29, 0.717) is 6.54 Å². The molecule has 0 spiro atoms. The van der Waals surface area contributed by atoms with Gasteiger partial charge in [-0.2, -0.15) is 0 Å². The molecule has 1 aromatic heterocycles. The molecule has 0 atom stereocenters. The lowest BCUT2D eigenvalue weighted by Gasteiger charge is -1.92. The van der Waals surface area contributed by atoms with E-state index in [0.717, 1.165) is 17.8 Å². The quantitative estimate of drug-likeness (QED) is 0.602. The van der Waals surface area contributed by atoms with Crippen LogP contribution in [0.25, 0.3) is 0 Å². The summed E-state index contributed by atoms with van der Waals surface area (Å²) < 4.78 is 0. The summed E-state index contributed by atoms with van der Waals surface area (Å²) in [7, 11) is 0. The first-order chi connectivity index (χ1) is 4.38. The Labute approximate surface area is 54.3 Å². The summed E-state index contributed by atoms with van der Waals surface area (Å²) >= 11 is 0. The second kappa shape index (κ2) is 2.64. The van der Waals surface area contributed by atoms with Crippen molar-refractivity contribution in [2.45, 2.75) is 19.9 Å². The second-order valence-corrected chi connectivity index (χ2v) is 1.89. The fourth-order valence-electron chi connectivity index (χ4n) is 0.831. The highest BCUT2D eigenvalue weighted by atomic mass is 14.9. The molecule has 3 N–H and O–H groups in total. The van der Waals surface area contributed by atoms with E-state index < -0.39 is 0 Å². The molecule has 0 aliphatic heterocycles. The molecule has 9 heavy (non-hydrogen) atoms. The van der Waals surface area contributed by atoms with E-state index in [1.54, 1.807) is 6.33 Å². The van der Waals surface area contributed by atoms with Crippen molar-refractivity contribution in [2.24, 2.45) is 5.73 Å². The maximum atomic E-state index is 5.40. The summed E-state index contributed by atoms with van der Waals surface area (Å²) in [5, 5.41) is 0. The maximum absolute atomic E-state index is 5.40. The van der Waals surface area contributed by atoms with E-state index in [2.05, 4.69) is 16.9 Å². The van der Waals surface area contributed by atoms with Crippen LogP contribution in [0.4, 0.5) is 0 Å². The smallest absolute Gasteiger partial charge is 0.0925 e. The zero-order valence-electron chi connectivity index (χ0n) is 5.52. The minimum absolute atomic E-state index is 0.559. The van der Waals surface area contributed by atoms with E-state index in [9.17, 15) is 0 Å². The molecule has 3 heteroatoms. The van der Waals surface area contributed by atoms with Gasteiger partial charge in [-0.15, -0.1) is 0 Å². The van der Waals surface area contributed by atoms with Crippen LogP contribution in [-0.2, 0) is 13.0 Å². The molecule has 0 unspecified atom stereocenters. The highest BCUT2D eigenvalue weighted by Crippen LogP contribution is 2.00. The van der Waals surface area contributed by atoms with Crippen LogP contribution in [0.5, 0.6) is 0 Å². The van der Waals surface area contributed by atoms with Gasteiger partial charge in [0.05, 0.1) is 17.7 Å². The van der Waals surface area contributed by atoms with Gasteiger partial charge in [0, 0.05) is 6.54 Å². The molecule has 1 rings (SSSR count). The van der Waals surface area contributed by atoms with Crippen molar-refractivity contribution < 1.29 is 0 Å². The first-order valence-electron chi connectivity index (χ1n) is 3.09. The molecule has 0 fully saturated rings. The number of aromatic nitrogens is 2. The SMILES string of the molecule is CCc1nc[nH]c1CN. The third-order valence-corrected chi connectivity index (χ3v) is 1.35. The van der Waals surface area contributed by atoms with Crippen molar-refractivity contribution in [3.8, 4) is 0 Å². The Morgan fingerprint density at radius 2 is 2.56 bits per heavy atom. The van der Waals surface area contributed by atoms with Crippen LogP contribution in [-0.4, -0.2) is 9.97 Å². The maximum Gasteiger partial charge on any atom is 0.0925 e. The highest BCUT2D eigenvalue weighted by molar-refractivity contribution is 5.09. The summed E-state index contributed by atoms with van der Waals surface area (Å²) in [5.41, 5.74) is 7.53. The fraction of sp³-hybridized carbons (Fsp3) is 0.500. The Morgan fingerprint density at radius 1 is 1.78 bits per heavy atom. The van der Waals surface area contributed by atoms with E-state index in [-0.39, 0.29) is 0 Å². The van der Waals surface area contributed by atoms with Crippen molar-refractivity contribution in [2.75, 3.05) is 0 Å². The van der Waals surface area contributed by atoms with Crippen molar-refractivity contribution >= 4 is 0 Å². The van der Waals surface area contributed by atoms with Crippen LogP contribution in [0.15, 0.2) is 6.33 Å². The minimum atomic E-state index is 0.559. The predicted octanol–water partition coefficient (Wildman–Crippen LogP) is 0.431. The molecule has 0 bridgehead atoms. The van der Waals surface area contributed by atoms with Crippen LogP contribution in [0.3, 0.4) is 0 Å². The van der Waals surface area contributed by atoms with Crippen LogP contribution < -0.4 is 5.73 Å². The zero-order valence-corrected chi connectivity index (χ0v) is 5.52. The number of nitrogens with two attached hydrogens (primary N) is 1. The average Bonchev–Trinajstić information content (AvgIpc) is 2.33. The van der Waals surface area contributed by atoms with Gasteiger partial charge in [-0.25, -0.2) is 4.98 Å². The van der Waals surface area contributed by atoms with E-state index in [1.165, 1.54) is 0 Å². The lowest BCUT2D eigenvalue weighted by molar-refractivity contribution is 0.951. The first-order valence-corrected chi connectivity index (χ1v) is 3.09. The van der Waals surface area contributed by atoms with Crippen molar-refractivity contribution in [3.05, 3.63) is 17.7 Å². The Balaban J connectivity index is 2.85. The lowest BCUT2D eigenvalue weighted by atomic mass is 10.3. The molecule has 1 aromatic rings. The van der Waals surface area contributed by atoms with Crippen LogP contribution in [0, 0.1) is 0 Å². The van der Waals surface area contributed by atoms with Crippen molar-refractivity contribution in [1.29, 1.82) is 0 Å². The summed E-state index contributed by atoms with van der Waals surface area (Å²) in [4.78, 5) is 7.04. The predicted molar refractivity (Wildman–Crippen MR) is 35.9 cm³/mol. The van der Waals surface area contributed by atoms with Crippen LogP contribution >= 0.6 is 0 Å². The van der Waals surface area contributed by atoms with E-state index >= 15 is 0 Å². The van der Waals surface area contributed by atoms with Gasteiger partial charge in [-0.1, -0.05) is 6.92 Å². The Hall–Kier alpha value is -0.830. The molecule has 0 aliphatic carbocycles. The lowest BCUT2D eigenvalue weighted by Crippen LogP contribution is -1.99. The monoisotopic (exact) mass is 125 g/mol. The second-order valence-electron chi connectivity index (χ2n) is 1.89. The molecular formula is C6H11N3. The number of aryl methyl sites for hydroxylation is 1. The summed E-state index contributed by atoms with van der Waals surface area (Å²) in [6.45, 7) is 2.62. The zero-order chi connectivity index (χ0) is 6.69. The number of hydrogen-bond acceptors (Lipinski definition) is 2. The van der Waals surface area contributed by atoms with Gasteiger partial charge in [-0.05, 0) is 6.42 Å². The normalized spacial score (nSPS) is 10.0. The standard InChI is InChI=1S/C6H11N3/c1-2-5-6(3-7)9-4-8-5/h4H,2-3,7H2,1H3,(H,8,9). The number of rotatable bonds is 2. The summed E-state index contributed by atoms with van der Waals surface area (Å²) in [6, 6.07) is 0. The van der Waals surface area contributed by atoms with Crippen LogP contribution in [0.1, 0.15) is 18.3 Å². The number of nitrogens with one attached hydrogen (secondary N) is 1. The van der Waals surface area contributed by atoms with Gasteiger partial charge in [0.1, 0.15) is 0 Å². The Bertz CT molecular complexity index is 162. The highest BCUT2D eigenvalue weighted by Gasteiger charge is 1.98. The van der Waals surface area contributed by atoms with E-state index in [1.807, 2.05) is 0 Å². The first kappa shape index (κ1) is 6.29. The molecule has 0 aliphatic rings.